The lowest BCUT2D eigenvalue weighted by atomic mass is 10.1. The Hall–Kier alpha value is -2.64. The molecule has 1 aliphatic rings. The van der Waals surface area contributed by atoms with E-state index in [-0.39, 0.29) is 17.2 Å². The molecule has 0 unspecified atom stereocenters. The number of amides is 1. The minimum absolute atomic E-state index is 0.112. The predicted molar refractivity (Wildman–Crippen MR) is 105 cm³/mol. The van der Waals surface area contributed by atoms with Crippen LogP contribution in [0.2, 0.25) is 0 Å². The van der Waals surface area contributed by atoms with Crippen LogP contribution in [0.25, 0.3) is 10.9 Å². The molecule has 140 valence electrons. The number of hydrogen-bond donors (Lipinski definition) is 2. The molecule has 2 aromatic carbocycles. The number of carbonyl (C=O) groups excluding carboxylic acids is 1. The van der Waals surface area contributed by atoms with Crippen LogP contribution >= 0.6 is 0 Å². The zero-order valence-electron chi connectivity index (χ0n) is 15.2. The van der Waals surface area contributed by atoms with Crippen molar-refractivity contribution < 1.29 is 13.2 Å². The summed E-state index contributed by atoms with van der Waals surface area (Å²) in [5.74, 6) is -0.112. The lowest BCUT2D eigenvalue weighted by molar-refractivity contribution is -0.115. The Labute approximate surface area is 158 Å². The summed E-state index contributed by atoms with van der Waals surface area (Å²) in [5.41, 5.74) is 4.83. The van der Waals surface area contributed by atoms with Crippen LogP contribution in [-0.4, -0.2) is 25.4 Å². The number of aryl methyl sites for hydroxylation is 1. The quantitative estimate of drug-likeness (QED) is 0.710. The molecule has 27 heavy (non-hydrogen) atoms. The van der Waals surface area contributed by atoms with Crippen molar-refractivity contribution >= 4 is 32.5 Å². The summed E-state index contributed by atoms with van der Waals surface area (Å²) in [6, 6.07) is 12.9. The van der Waals surface area contributed by atoms with E-state index in [9.17, 15) is 13.2 Å². The fourth-order valence-corrected chi connectivity index (χ4v) is 4.76. The number of rotatable bonds is 5. The van der Waals surface area contributed by atoms with E-state index in [0.717, 1.165) is 22.2 Å². The number of hydrogen-bond acceptors (Lipinski definition) is 3. The van der Waals surface area contributed by atoms with Gasteiger partial charge in [0.1, 0.15) is 0 Å². The molecule has 1 amide bonds. The summed E-state index contributed by atoms with van der Waals surface area (Å²) in [4.78, 5) is 11.6. The van der Waals surface area contributed by atoms with E-state index in [2.05, 4.69) is 26.7 Å². The number of nitrogens with zero attached hydrogens (tertiary/aromatic N) is 1. The highest BCUT2D eigenvalue weighted by atomic mass is 32.2. The fourth-order valence-electron chi connectivity index (χ4n) is 3.68. The molecule has 0 radical (unpaired) electrons. The molecule has 7 heteroatoms. The molecule has 1 aromatic heterocycles. The molecule has 0 fully saturated rings. The Morgan fingerprint density at radius 1 is 1.19 bits per heavy atom. The van der Waals surface area contributed by atoms with Crippen LogP contribution in [0.3, 0.4) is 0 Å². The lowest BCUT2D eigenvalue weighted by Crippen LogP contribution is -2.26. The summed E-state index contributed by atoms with van der Waals surface area (Å²) in [6.45, 7) is 2.36. The smallest absolute Gasteiger partial charge is 0.240 e. The minimum atomic E-state index is -3.62. The van der Waals surface area contributed by atoms with E-state index >= 15 is 0 Å². The Bertz CT molecular complexity index is 1160. The molecule has 0 saturated heterocycles. The fraction of sp³-hybridized carbons (Fsp3) is 0.250. The predicted octanol–water partition coefficient (Wildman–Crippen LogP) is 2.50. The maximum absolute atomic E-state index is 12.6. The van der Waals surface area contributed by atoms with Gasteiger partial charge in [0.25, 0.3) is 0 Å². The molecule has 6 nitrogen and oxygen atoms in total. The van der Waals surface area contributed by atoms with E-state index in [1.807, 2.05) is 26.1 Å². The molecule has 0 bridgehead atoms. The van der Waals surface area contributed by atoms with Gasteiger partial charge in [0, 0.05) is 35.9 Å². The van der Waals surface area contributed by atoms with Gasteiger partial charge in [0.15, 0.2) is 0 Å². The molecule has 3 aromatic rings. The number of para-hydroxylation sites is 1. The first-order chi connectivity index (χ1) is 12.9. The molecule has 0 atom stereocenters. The molecule has 0 spiro atoms. The Morgan fingerprint density at radius 2 is 1.96 bits per heavy atom. The van der Waals surface area contributed by atoms with Crippen LogP contribution < -0.4 is 10.0 Å². The van der Waals surface area contributed by atoms with Gasteiger partial charge in [-0.3, -0.25) is 4.79 Å². The highest BCUT2D eigenvalue weighted by Gasteiger charge is 2.22. The van der Waals surface area contributed by atoms with Gasteiger partial charge in [-0.15, -0.1) is 0 Å². The van der Waals surface area contributed by atoms with Gasteiger partial charge in [-0.1, -0.05) is 18.2 Å². The summed E-state index contributed by atoms with van der Waals surface area (Å²) in [6.07, 6.45) is 0.825. The van der Waals surface area contributed by atoms with E-state index in [4.69, 9.17) is 0 Å². The molecular weight excluding hydrogens is 362 g/mol. The largest absolute Gasteiger partial charge is 0.348 e. The van der Waals surface area contributed by atoms with Gasteiger partial charge in [-0.2, -0.15) is 0 Å². The van der Waals surface area contributed by atoms with Crippen LogP contribution in [0.4, 0.5) is 5.69 Å². The van der Waals surface area contributed by atoms with Crippen molar-refractivity contribution in [1.29, 1.82) is 0 Å². The first-order valence-electron chi connectivity index (χ1n) is 8.82. The number of carbonyl (C=O) groups is 1. The average molecular weight is 383 g/mol. The van der Waals surface area contributed by atoms with Crippen molar-refractivity contribution in [3.63, 3.8) is 0 Å². The first-order valence-corrected chi connectivity index (χ1v) is 10.3. The van der Waals surface area contributed by atoms with E-state index in [1.165, 1.54) is 6.07 Å². The summed E-state index contributed by atoms with van der Waals surface area (Å²) in [7, 11) is -1.61. The van der Waals surface area contributed by atoms with Crippen molar-refractivity contribution in [1.82, 2.24) is 9.29 Å². The summed E-state index contributed by atoms with van der Waals surface area (Å²) < 4.78 is 30.1. The number of nitrogens with one attached hydrogen (secondary N) is 2. The third-order valence-electron chi connectivity index (χ3n) is 5.21. The van der Waals surface area contributed by atoms with Crippen molar-refractivity contribution in [2.75, 3.05) is 11.9 Å². The van der Waals surface area contributed by atoms with Crippen LogP contribution in [0.1, 0.15) is 16.8 Å². The van der Waals surface area contributed by atoms with Gasteiger partial charge >= 0.3 is 0 Å². The van der Waals surface area contributed by atoms with E-state index in [1.54, 1.807) is 12.1 Å². The second-order valence-corrected chi connectivity index (χ2v) is 8.60. The van der Waals surface area contributed by atoms with Gasteiger partial charge in [0.2, 0.25) is 15.9 Å². The second-order valence-electron chi connectivity index (χ2n) is 6.83. The molecule has 0 saturated carbocycles. The molecule has 0 aliphatic carbocycles. The molecule has 2 N–H and O–H groups in total. The number of benzene rings is 2. The highest BCUT2D eigenvalue weighted by molar-refractivity contribution is 7.89. The molecule has 4 rings (SSSR count). The van der Waals surface area contributed by atoms with Gasteiger partial charge in [-0.05, 0) is 48.7 Å². The molecular formula is C20H21N3O3S. The lowest BCUT2D eigenvalue weighted by Gasteiger charge is -2.09. The van der Waals surface area contributed by atoms with Crippen molar-refractivity contribution in [3.8, 4) is 0 Å². The molecule has 2 heterocycles. The van der Waals surface area contributed by atoms with Crippen LogP contribution in [0.5, 0.6) is 0 Å². The van der Waals surface area contributed by atoms with Gasteiger partial charge in [-0.25, -0.2) is 13.1 Å². The highest BCUT2D eigenvalue weighted by Crippen LogP contribution is 2.27. The minimum Gasteiger partial charge on any atom is -0.348 e. The van der Waals surface area contributed by atoms with Crippen molar-refractivity contribution in [2.45, 2.75) is 24.7 Å². The van der Waals surface area contributed by atoms with Crippen molar-refractivity contribution in [2.24, 2.45) is 7.05 Å². The SMILES string of the molecule is Cc1c(CCNS(=O)(=O)c2ccc3c(c2)CC(=O)N3)c2ccccc2n1C. The van der Waals surface area contributed by atoms with Crippen LogP contribution in [0, 0.1) is 6.92 Å². The third-order valence-corrected chi connectivity index (χ3v) is 6.67. The second kappa shape index (κ2) is 6.51. The standard InChI is InChI=1S/C20H21N3O3S/c1-13-16(17-5-3-4-6-19(17)23(13)2)9-10-21-27(25,26)15-7-8-18-14(11-15)12-20(24)22-18/h3-8,11,21H,9-10,12H2,1-2H3,(H,22,24). The maximum Gasteiger partial charge on any atom is 0.240 e. The normalized spacial score (nSPS) is 13.8. The zero-order chi connectivity index (χ0) is 19.2. The van der Waals surface area contributed by atoms with Gasteiger partial charge < -0.3 is 9.88 Å². The zero-order valence-corrected chi connectivity index (χ0v) is 16.1. The monoisotopic (exact) mass is 383 g/mol. The summed E-state index contributed by atoms with van der Waals surface area (Å²) in [5, 5.41) is 3.86. The Balaban J connectivity index is 1.52. The Kier molecular flexibility index (Phi) is 4.28. The first kappa shape index (κ1) is 17.8. The number of sulfonamides is 1. The summed E-state index contributed by atoms with van der Waals surface area (Å²) >= 11 is 0. The average Bonchev–Trinajstić information content (AvgIpc) is 3.13. The number of aromatic nitrogens is 1. The number of fused-ring (bicyclic) bond motifs is 2. The van der Waals surface area contributed by atoms with E-state index in [0.29, 0.717) is 24.2 Å². The van der Waals surface area contributed by atoms with Crippen LogP contribution in [-0.2, 0) is 34.7 Å². The van der Waals surface area contributed by atoms with Crippen LogP contribution in [0.15, 0.2) is 47.4 Å². The van der Waals surface area contributed by atoms with E-state index < -0.39 is 10.0 Å². The Morgan fingerprint density at radius 3 is 2.78 bits per heavy atom. The molecule has 1 aliphatic heterocycles. The van der Waals surface area contributed by atoms with Crippen molar-refractivity contribution in [3.05, 3.63) is 59.3 Å². The number of anilines is 1. The van der Waals surface area contributed by atoms with Gasteiger partial charge in [0.05, 0.1) is 11.3 Å². The maximum atomic E-state index is 12.6. The third kappa shape index (κ3) is 3.13. The topological polar surface area (TPSA) is 80.2 Å².